The molecule has 0 spiro atoms. The summed E-state index contributed by atoms with van der Waals surface area (Å²) in [7, 11) is 1.57. The van der Waals surface area contributed by atoms with Gasteiger partial charge in [-0.05, 0) is 35.9 Å². The van der Waals surface area contributed by atoms with Gasteiger partial charge in [-0.2, -0.15) is 5.10 Å². The number of phenolic OH excluding ortho intramolecular Hbond substituents is 1. The van der Waals surface area contributed by atoms with Crippen LogP contribution in [0.4, 0.5) is 0 Å². The highest BCUT2D eigenvalue weighted by Crippen LogP contribution is 2.21. The standard InChI is InChI=1S/C16H15BrN2O3/c1-22-15-6-5-13(17)9-12(15)10-18-19-16(21)8-11-3-2-4-14(20)7-11/h2-7,9-10,20H,8H2,1H3,(H,19,21). The fourth-order valence-electron chi connectivity index (χ4n) is 1.87. The van der Waals surface area contributed by atoms with Crippen LogP contribution in [0.5, 0.6) is 11.5 Å². The highest BCUT2D eigenvalue weighted by molar-refractivity contribution is 9.10. The van der Waals surface area contributed by atoms with E-state index in [0.29, 0.717) is 11.3 Å². The smallest absolute Gasteiger partial charge is 0.244 e. The number of nitrogens with one attached hydrogen (secondary N) is 1. The molecule has 0 aliphatic rings. The highest BCUT2D eigenvalue weighted by Gasteiger charge is 2.04. The van der Waals surface area contributed by atoms with Gasteiger partial charge in [-0.25, -0.2) is 5.43 Å². The van der Waals surface area contributed by atoms with Gasteiger partial charge in [0.25, 0.3) is 0 Å². The minimum absolute atomic E-state index is 0.132. The first-order valence-corrected chi connectivity index (χ1v) is 7.31. The number of rotatable bonds is 5. The molecule has 6 heteroatoms. The minimum atomic E-state index is -0.268. The molecule has 0 aromatic heterocycles. The van der Waals surface area contributed by atoms with E-state index in [-0.39, 0.29) is 18.1 Å². The van der Waals surface area contributed by atoms with Gasteiger partial charge >= 0.3 is 0 Å². The molecule has 2 rings (SSSR count). The van der Waals surface area contributed by atoms with Crippen molar-refractivity contribution in [2.75, 3.05) is 7.11 Å². The summed E-state index contributed by atoms with van der Waals surface area (Å²) in [4.78, 5) is 11.8. The maximum absolute atomic E-state index is 11.8. The Kier molecular flexibility index (Phi) is 5.55. The molecule has 114 valence electrons. The molecule has 1 amide bonds. The van der Waals surface area contributed by atoms with Gasteiger partial charge in [0.05, 0.1) is 19.7 Å². The van der Waals surface area contributed by atoms with Crippen LogP contribution < -0.4 is 10.2 Å². The van der Waals surface area contributed by atoms with Crippen LogP contribution in [0.15, 0.2) is 52.0 Å². The van der Waals surface area contributed by atoms with E-state index in [1.165, 1.54) is 6.21 Å². The van der Waals surface area contributed by atoms with Gasteiger partial charge in [-0.1, -0.05) is 28.1 Å². The predicted octanol–water partition coefficient (Wildman–Crippen LogP) is 2.86. The second kappa shape index (κ2) is 7.61. The zero-order chi connectivity index (χ0) is 15.9. The monoisotopic (exact) mass is 362 g/mol. The molecule has 0 atom stereocenters. The molecule has 0 bridgehead atoms. The lowest BCUT2D eigenvalue weighted by Crippen LogP contribution is -2.19. The van der Waals surface area contributed by atoms with Gasteiger partial charge in [0.15, 0.2) is 0 Å². The van der Waals surface area contributed by atoms with Gasteiger partial charge in [0.1, 0.15) is 11.5 Å². The Balaban J connectivity index is 1.97. The first-order valence-electron chi connectivity index (χ1n) is 6.52. The van der Waals surface area contributed by atoms with E-state index >= 15 is 0 Å². The van der Waals surface area contributed by atoms with Crippen molar-refractivity contribution in [1.82, 2.24) is 5.43 Å². The van der Waals surface area contributed by atoms with E-state index in [2.05, 4.69) is 26.5 Å². The number of ether oxygens (including phenoxy) is 1. The Hall–Kier alpha value is -2.34. The topological polar surface area (TPSA) is 70.9 Å². The lowest BCUT2D eigenvalue weighted by molar-refractivity contribution is -0.120. The van der Waals surface area contributed by atoms with E-state index in [9.17, 15) is 9.90 Å². The molecule has 0 radical (unpaired) electrons. The number of hydrogen-bond donors (Lipinski definition) is 2. The molecule has 0 aliphatic heterocycles. The van der Waals surface area contributed by atoms with Gasteiger partial charge in [-0.15, -0.1) is 0 Å². The maximum Gasteiger partial charge on any atom is 0.244 e. The average Bonchev–Trinajstić information content (AvgIpc) is 2.47. The van der Waals surface area contributed by atoms with E-state index in [4.69, 9.17) is 4.74 Å². The molecule has 0 unspecified atom stereocenters. The quantitative estimate of drug-likeness (QED) is 0.634. The van der Waals surface area contributed by atoms with Gasteiger partial charge in [0, 0.05) is 10.0 Å². The van der Waals surface area contributed by atoms with E-state index in [1.807, 2.05) is 12.1 Å². The Morgan fingerprint density at radius 1 is 1.36 bits per heavy atom. The van der Waals surface area contributed by atoms with Gasteiger partial charge < -0.3 is 9.84 Å². The molecule has 0 fully saturated rings. The van der Waals surface area contributed by atoms with Crippen LogP contribution in [0.25, 0.3) is 0 Å². The van der Waals surface area contributed by atoms with Crippen LogP contribution in [0.3, 0.4) is 0 Å². The number of nitrogens with zero attached hydrogens (tertiary/aromatic N) is 1. The Morgan fingerprint density at radius 3 is 2.91 bits per heavy atom. The second-order valence-corrected chi connectivity index (χ2v) is 5.44. The van der Waals surface area contributed by atoms with Crippen molar-refractivity contribution in [3.63, 3.8) is 0 Å². The minimum Gasteiger partial charge on any atom is -0.508 e. The van der Waals surface area contributed by atoms with Crippen LogP contribution in [0, 0.1) is 0 Å². The van der Waals surface area contributed by atoms with Crippen LogP contribution in [-0.2, 0) is 11.2 Å². The van der Waals surface area contributed by atoms with Crippen molar-refractivity contribution < 1.29 is 14.6 Å². The van der Waals surface area contributed by atoms with E-state index in [1.54, 1.807) is 37.4 Å². The van der Waals surface area contributed by atoms with E-state index in [0.717, 1.165) is 10.0 Å². The molecule has 22 heavy (non-hydrogen) atoms. The molecule has 2 N–H and O–H groups in total. The van der Waals surface area contributed by atoms with Crippen LogP contribution in [-0.4, -0.2) is 24.3 Å². The lowest BCUT2D eigenvalue weighted by atomic mass is 10.1. The number of carbonyl (C=O) groups excluding carboxylic acids is 1. The molecule has 0 aliphatic carbocycles. The van der Waals surface area contributed by atoms with Crippen molar-refractivity contribution in [2.24, 2.45) is 5.10 Å². The normalized spacial score (nSPS) is 10.6. The van der Waals surface area contributed by atoms with Crippen molar-refractivity contribution in [2.45, 2.75) is 6.42 Å². The van der Waals surface area contributed by atoms with Crippen LogP contribution in [0.2, 0.25) is 0 Å². The average molecular weight is 363 g/mol. The lowest BCUT2D eigenvalue weighted by Gasteiger charge is -2.05. The summed E-state index contributed by atoms with van der Waals surface area (Å²) < 4.78 is 6.10. The zero-order valence-corrected chi connectivity index (χ0v) is 13.5. The first-order chi connectivity index (χ1) is 10.6. The number of phenols is 1. The molecule has 0 saturated heterocycles. The molecular formula is C16H15BrN2O3. The molecule has 0 saturated carbocycles. The Labute approximate surface area is 136 Å². The summed E-state index contributed by atoms with van der Waals surface area (Å²) in [6, 6.07) is 12.0. The third-order valence-corrected chi connectivity index (χ3v) is 3.35. The number of hydrazone groups is 1. The first kappa shape index (κ1) is 16.0. The molecule has 0 heterocycles. The fourth-order valence-corrected chi connectivity index (χ4v) is 2.25. The van der Waals surface area contributed by atoms with Crippen LogP contribution in [0.1, 0.15) is 11.1 Å². The van der Waals surface area contributed by atoms with Crippen molar-refractivity contribution in [3.8, 4) is 11.5 Å². The number of hydrogen-bond acceptors (Lipinski definition) is 4. The predicted molar refractivity (Wildman–Crippen MR) is 88.2 cm³/mol. The summed E-state index contributed by atoms with van der Waals surface area (Å²) in [5, 5.41) is 13.3. The third kappa shape index (κ3) is 4.60. The molecule has 2 aromatic rings. The number of methoxy groups -OCH3 is 1. The summed E-state index contributed by atoms with van der Waals surface area (Å²) in [5.74, 6) is 0.526. The van der Waals surface area contributed by atoms with Crippen molar-refractivity contribution in [1.29, 1.82) is 0 Å². The van der Waals surface area contributed by atoms with Gasteiger partial charge in [0.2, 0.25) is 5.91 Å². The second-order valence-electron chi connectivity index (χ2n) is 4.53. The van der Waals surface area contributed by atoms with Crippen molar-refractivity contribution >= 4 is 28.1 Å². The molecular weight excluding hydrogens is 348 g/mol. The van der Waals surface area contributed by atoms with Crippen molar-refractivity contribution in [3.05, 3.63) is 58.1 Å². The summed E-state index contributed by atoms with van der Waals surface area (Å²) in [6.45, 7) is 0. The molecule has 2 aromatic carbocycles. The van der Waals surface area contributed by atoms with Crippen LogP contribution >= 0.6 is 15.9 Å². The number of amides is 1. The Morgan fingerprint density at radius 2 is 2.18 bits per heavy atom. The molecule has 5 nitrogen and oxygen atoms in total. The summed E-state index contributed by atoms with van der Waals surface area (Å²) >= 11 is 3.37. The highest BCUT2D eigenvalue weighted by atomic mass is 79.9. The largest absolute Gasteiger partial charge is 0.508 e. The number of benzene rings is 2. The SMILES string of the molecule is COc1ccc(Br)cc1C=NNC(=O)Cc1cccc(O)c1. The summed E-state index contributed by atoms with van der Waals surface area (Å²) in [6.07, 6.45) is 1.66. The fraction of sp³-hybridized carbons (Fsp3) is 0.125. The number of halogens is 1. The van der Waals surface area contributed by atoms with E-state index < -0.39 is 0 Å². The number of aromatic hydroxyl groups is 1. The van der Waals surface area contributed by atoms with Gasteiger partial charge in [-0.3, -0.25) is 4.79 Å². The number of carbonyl (C=O) groups is 1. The third-order valence-electron chi connectivity index (χ3n) is 2.86. The Bertz CT molecular complexity index is 702. The maximum atomic E-state index is 11.8. The zero-order valence-electron chi connectivity index (χ0n) is 11.9. The summed E-state index contributed by atoms with van der Waals surface area (Å²) in [5.41, 5.74) is 3.91.